The fourth-order valence-corrected chi connectivity index (χ4v) is 3.62. The summed E-state index contributed by atoms with van der Waals surface area (Å²) in [6, 6.07) is 7.70. The smallest absolute Gasteiger partial charge is 0.253 e. The minimum Gasteiger partial charge on any atom is -0.396 e. The van der Waals surface area contributed by atoms with Crippen LogP contribution in [0.1, 0.15) is 42.1 Å². The lowest BCUT2D eigenvalue weighted by Gasteiger charge is -2.45. The molecule has 1 aliphatic heterocycles. The van der Waals surface area contributed by atoms with Gasteiger partial charge in [0, 0.05) is 44.7 Å². The topological polar surface area (TPSA) is 64.0 Å². The van der Waals surface area contributed by atoms with E-state index in [-0.39, 0.29) is 12.5 Å². The average Bonchev–Trinajstić information content (AvgIpc) is 2.58. The molecule has 2 N–H and O–H groups in total. The van der Waals surface area contributed by atoms with Crippen molar-refractivity contribution in [3.05, 3.63) is 35.4 Å². The highest BCUT2D eigenvalue weighted by molar-refractivity contribution is 5.93. The molecule has 5 heteroatoms. The molecule has 1 aromatic carbocycles. The summed E-state index contributed by atoms with van der Waals surface area (Å²) in [7, 11) is 3.50. The van der Waals surface area contributed by atoms with Gasteiger partial charge >= 0.3 is 0 Å². The Morgan fingerprint density at radius 2 is 2.00 bits per heavy atom. The number of likely N-dealkylation sites (tertiary alicyclic amines) is 1. The highest BCUT2D eigenvalue weighted by Crippen LogP contribution is 2.35. The van der Waals surface area contributed by atoms with Crippen molar-refractivity contribution in [1.82, 2.24) is 9.80 Å². The van der Waals surface area contributed by atoms with Crippen LogP contribution in [0.15, 0.2) is 24.3 Å². The minimum absolute atomic E-state index is 0.00453. The molecule has 2 rings (SSSR count). The number of benzene rings is 1. The molecule has 0 saturated carbocycles. The summed E-state index contributed by atoms with van der Waals surface area (Å²) in [5.74, 6) is 0.00453. The summed E-state index contributed by atoms with van der Waals surface area (Å²) in [6.45, 7) is 4.41. The lowest BCUT2D eigenvalue weighted by molar-refractivity contribution is -0.0819. The van der Waals surface area contributed by atoms with Gasteiger partial charge in [-0.15, -0.1) is 0 Å². The summed E-state index contributed by atoms with van der Waals surface area (Å²) in [5, 5.41) is 20.2. The second-order valence-electron chi connectivity index (χ2n) is 7.18. The van der Waals surface area contributed by atoms with Crippen LogP contribution in [0.2, 0.25) is 0 Å². The Labute approximate surface area is 144 Å². The van der Waals surface area contributed by atoms with Crippen LogP contribution < -0.4 is 0 Å². The zero-order valence-corrected chi connectivity index (χ0v) is 15.0. The van der Waals surface area contributed by atoms with Gasteiger partial charge in [-0.3, -0.25) is 9.69 Å². The Kier molecular flexibility index (Phi) is 6.38. The lowest BCUT2D eigenvalue weighted by Crippen LogP contribution is -2.53. The first-order valence-electron chi connectivity index (χ1n) is 8.73. The minimum atomic E-state index is -0.432. The Balaban J connectivity index is 2.04. The number of piperidine rings is 1. The van der Waals surface area contributed by atoms with Crippen molar-refractivity contribution in [3.8, 4) is 0 Å². The van der Waals surface area contributed by atoms with Crippen molar-refractivity contribution in [3.63, 3.8) is 0 Å². The second kappa shape index (κ2) is 8.10. The summed E-state index contributed by atoms with van der Waals surface area (Å²) < 4.78 is 0. The van der Waals surface area contributed by atoms with E-state index in [1.54, 1.807) is 19.0 Å². The highest BCUT2D eigenvalue weighted by atomic mass is 16.3. The molecule has 2 atom stereocenters. The third-order valence-electron chi connectivity index (χ3n) is 5.04. The molecule has 24 heavy (non-hydrogen) atoms. The van der Waals surface area contributed by atoms with E-state index in [4.69, 9.17) is 0 Å². The molecule has 1 amide bonds. The van der Waals surface area contributed by atoms with E-state index in [0.717, 1.165) is 31.5 Å². The van der Waals surface area contributed by atoms with Gasteiger partial charge < -0.3 is 15.1 Å². The molecule has 1 fully saturated rings. The summed E-state index contributed by atoms with van der Waals surface area (Å²) >= 11 is 0. The highest BCUT2D eigenvalue weighted by Gasteiger charge is 2.41. The molecular weight excluding hydrogens is 304 g/mol. The van der Waals surface area contributed by atoms with Crippen LogP contribution in [0.5, 0.6) is 0 Å². The van der Waals surface area contributed by atoms with Gasteiger partial charge in [-0.2, -0.15) is 0 Å². The predicted octanol–water partition coefficient (Wildman–Crippen LogP) is 1.73. The first-order chi connectivity index (χ1) is 11.4. The van der Waals surface area contributed by atoms with Gasteiger partial charge in [-0.25, -0.2) is 0 Å². The van der Waals surface area contributed by atoms with Crippen LogP contribution in [0, 0.1) is 5.41 Å². The number of aliphatic hydroxyl groups is 2. The number of carbonyl (C=O) groups excluding carboxylic acids is 1. The molecule has 0 aromatic heterocycles. The summed E-state index contributed by atoms with van der Waals surface area (Å²) in [6.07, 6.45) is 2.04. The SMILES string of the molecule is CCC[C@@]1(CO)CN(Cc2ccc(C(=O)N(C)C)cc2)CC[C@@H]1O. The Morgan fingerprint density at radius 1 is 1.33 bits per heavy atom. The van der Waals surface area contributed by atoms with E-state index < -0.39 is 11.5 Å². The van der Waals surface area contributed by atoms with Crippen LogP contribution in [-0.2, 0) is 6.54 Å². The molecule has 0 aliphatic carbocycles. The first-order valence-corrected chi connectivity index (χ1v) is 8.73. The molecule has 134 valence electrons. The van der Waals surface area contributed by atoms with E-state index in [2.05, 4.69) is 11.8 Å². The average molecular weight is 334 g/mol. The van der Waals surface area contributed by atoms with Crippen LogP contribution in [0.4, 0.5) is 0 Å². The molecular formula is C19H30N2O3. The van der Waals surface area contributed by atoms with Crippen molar-refractivity contribution in [2.75, 3.05) is 33.8 Å². The van der Waals surface area contributed by atoms with Crippen molar-refractivity contribution in [1.29, 1.82) is 0 Å². The third-order valence-corrected chi connectivity index (χ3v) is 5.04. The quantitative estimate of drug-likeness (QED) is 0.832. The Bertz CT molecular complexity index is 544. The standard InChI is InChI=1S/C19H30N2O3/c1-4-10-19(14-22)13-21(11-9-17(19)23)12-15-5-7-16(8-6-15)18(24)20(2)3/h5-8,17,22-23H,4,9-14H2,1-3H3/t17-,19-/m0/s1. The van der Waals surface area contributed by atoms with Gasteiger partial charge in [0.15, 0.2) is 0 Å². The normalized spacial score (nSPS) is 24.8. The Morgan fingerprint density at radius 3 is 2.54 bits per heavy atom. The molecule has 0 radical (unpaired) electrons. The van der Waals surface area contributed by atoms with E-state index in [1.165, 1.54) is 0 Å². The number of aliphatic hydroxyl groups excluding tert-OH is 2. The number of rotatable bonds is 6. The van der Waals surface area contributed by atoms with Crippen molar-refractivity contribution in [2.24, 2.45) is 5.41 Å². The zero-order chi connectivity index (χ0) is 17.7. The first kappa shape index (κ1) is 18.9. The van der Waals surface area contributed by atoms with Crippen LogP contribution in [-0.4, -0.2) is 65.8 Å². The number of hydrogen-bond donors (Lipinski definition) is 2. The Hall–Kier alpha value is -1.43. The summed E-state index contributed by atoms with van der Waals surface area (Å²) in [4.78, 5) is 15.8. The molecule has 1 aliphatic rings. The molecule has 1 aromatic rings. The summed E-state index contributed by atoms with van der Waals surface area (Å²) in [5.41, 5.74) is 1.42. The maximum atomic E-state index is 11.9. The van der Waals surface area contributed by atoms with E-state index in [0.29, 0.717) is 18.5 Å². The number of nitrogens with zero attached hydrogens (tertiary/aromatic N) is 2. The maximum absolute atomic E-state index is 11.9. The van der Waals surface area contributed by atoms with Crippen molar-refractivity contribution in [2.45, 2.75) is 38.8 Å². The molecule has 0 bridgehead atoms. The molecule has 0 unspecified atom stereocenters. The third kappa shape index (κ3) is 4.15. The number of amides is 1. The number of hydrogen-bond acceptors (Lipinski definition) is 4. The fourth-order valence-electron chi connectivity index (χ4n) is 3.62. The predicted molar refractivity (Wildman–Crippen MR) is 94.8 cm³/mol. The second-order valence-corrected chi connectivity index (χ2v) is 7.18. The van der Waals surface area contributed by atoms with Crippen molar-refractivity contribution >= 4 is 5.91 Å². The van der Waals surface area contributed by atoms with Crippen LogP contribution in [0.3, 0.4) is 0 Å². The molecule has 0 spiro atoms. The molecule has 1 heterocycles. The number of carbonyl (C=O) groups is 1. The molecule has 1 saturated heterocycles. The largest absolute Gasteiger partial charge is 0.396 e. The van der Waals surface area contributed by atoms with Gasteiger partial charge in [-0.1, -0.05) is 25.5 Å². The zero-order valence-electron chi connectivity index (χ0n) is 15.0. The van der Waals surface area contributed by atoms with E-state index in [1.807, 2.05) is 24.3 Å². The van der Waals surface area contributed by atoms with Gasteiger partial charge in [0.2, 0.25) is 0 Å². The fraction of sp³-hybridized carbons (Fsp3) is 0.632. The van der Waals surface area contributed by atoms with Gasteiger partial charge in [0.25, 0.3) is 5.91 Å². The monoisotopic (exact) mass is 334 g/mol. The maximum Gasteiger partial charge on any atom is 0.253 e. The van der Waals surface area contributed by atoms with Gasteiger partial charge in [0.05, 0.1) is 12.7 Å². The van der Waals surface area contributed by atoms with Crippen LogP contribution in [0.25, 0.3) is 0 Å². The van der Waals surface area contributed by atoms with Gasteiger partial charge in [-0.05, 0) is 30.5 Å². The van der Waals surface area contributed by atoms with Gasteiger partial charge in [0.1, 0.15) is 0 Å². The molecule has 5 nitrogen and oxygen atoms in total. The lowest BCUT2D eigenvalue weighted by atomic mass is 9.74. The van der Waals surface area contributed by atoms with Crippen molar-refractivity contribution < 1.29 is 15.0 Å². The van der Waals surface area contributed by atoms with E-state index in [9.17, 15) is 15.0 Å². The van der Waals surface area contributed by atoms with Crippen LogP contribution >= 0.6 is 0 Å². The van der Waals surface area contributed by atoms with E-state index >= 15 is 0 Å².